The summed E-state index contributed by atoms with van der Waals surface area (Å²) in [7, 11) is 0. The molecule has 0 aliphatic carbocycles. The van der Waals surface area contributed by atoms with Crippen molar-refractivity contribution in [3.05, 3.63) is 79.9 Å². The number of carbonyl (C=O) groups excluding carboxylic acids is 1. The van der Waals surface area contributed by atoms with Crippen LogP contribution in [0.2, 0.25) is 5.02 Å². The predicted molar refractivity (Wildman–Crippen MR) is 109 cm³/mol. The third kappa shape index (κ3) is 3.33. The quantitative estimate of drug-likeness (QED) is 0.602. The number of aromatic hydroxyl groups is 1. The largest absolute Gasteiger partial charge is 0.493 e. The number of imidazole rings is 1. The molecule has 31 heavy (non-hydrogen) atoms. The first-order chi connectivity index (χ1) is 14.8. The molecule has 1 aliphatic heterocycles. The van der Waals surface area contributed by atoms with E-state index in [1.165, 1.54) is 30.5 Å². The monoisotopic (exact) mass is 440 g/mol. The number of H-pyrrole nitrogens is 1. The Hall–Kier alpha value is -4.03. The topological polar surface area (TPSA) is 111 Å². The summed E-state index contributed by atoms with van der Waals surface area (Å²) in [5.74, 6) is -2.15. The van der Waals surface area contributed by atoms with Gasteiger partial charge in [-0.05, 0) is 29.8 Å². The number of fused-ring (bicyclic) bond motifs is 1. The summed E-state index contributed by atoms with van der Waals surface area (Å²) >= 11 is 5.75. The minimum absolute atomic E-state index is 0.0267. The zero-order valence-corrected chi connectivity index (χ0v) is 16.2. The van der Waals surface area contributed by atoms with Gasteiger partial charge in [-0.2, -0.15) is 5.26 Å². The van der Waals surface area contributed by atoms with E-state index in [-0.39, 0.29) is 27.5 Å². The van der Waals surface area contributed by atoms with E-state index < -0.39 is 29.2 Å². The standard InChI is InChI=1S/C21H11ClF2N4O3/c22-14-4-3-13-12(8-26-19(13)18(14)24)6-16-20(30)28(21(31)27-16)17(9-29)10-1-2-11(7-25)15(23)5-10/h1-6,8-9,17,30H,(H,27,31)/b12-6+. The fourth-order valence-electron chi connectivity index (χ4n) is 3.28. The second-order valence-electron chi connectivity index (χ2n) is 6.58. The van der Waals surface area contributed by atoms with Gasteiger partial charge in [0.05, 0.1) is 10.6 Å². The normalized spacial score (nSPS) is 14.5. The van der Waals surface area contributed by atoms with Crippen LogP contribution in [0.4, 0.5) is 14.5 Å². The van der Waals surface area contributed by atoms with E-state index in [1.807, 2.05) is 0 Å². The third-order valence-electron chi connectivity index (χ3n) is 4.80. The van der Waals surface area contributed by atoms with E-state index in [4.69, 9.17) is 16.9 Å². The van der Waals surface area contributed by atoms with E-state index in [0.29, 0.717) is 17.4 Å². The minimum Gasteiger partial charge on any atom is -0.493 e. The average molecular weight is 441 g/mol. The van der Waals surface area contributed by atoms with Crippen molar-refractivity contribution in [3.8, 4) is 11.9 Å². The molecule has 154 valence electrons. The van der Waals surface area contributed by atoms with Crippen LogP contribution in [0.1, 0.15) is 28.4 Å². The summed E-state index contributed by atoms with van der Waals surface area (Å²) in [6.07, 6.45) is 3.06. The maximum atomic E-state index is 14.1. The van der Waals surface area contributed by atoms with Gasteiger partial charge >= 0.3 is 5.69 Å². The van der Waals surface area contributed by atoms with Crippen LogP contribution < -0.4 is 5.69 Å². The van der Waals surface area contributed by atoms with Gasteiger partial charge in [-0.15, -0.1) is 0 Å². The van der Waals surface area contributed by atoms with Crippen LogP contribution >= 0.6 is 11.6 Å². The first-order valence-corrected chi connectivity index (χ1v) is 9.16. The van der Waals surface area contributed by atoms with Crippen molar-refractivity contribution in [1.29, 1.82) is 5.26 Å². The summed E-state index contributed by atoms with van der Waals surface area (Å²) < 4.78 is 28.8. The highest BCUT2D eigenvalue weighted by Crippen LogP contribution is 2.38. The van der Waals surface area contributed by atoms with Crippen molar-refractivity contribution in [2.45, 2.75) is 6.04 Å². The molecule has 2 N–H and O–H groups in total. The lowest BCUT2D eigenvalue weighted by atomic mass is 10.0. The van der Waals surface area contributed by atoms with Gasteiger partial charge in [0.1, 0.15) is 35.6 Å². The lowest BCUT2D eigenvalue weighted by Crippen LogP contribution is -2.24. The smallest absolute Gasteiger partial charge is 0.329 e. The Balaban J connectivity index is 1.78. The van der Waals surface area contributed by atoms with Crippen molar-refractivity contribution < 1.29 is 18.7 Å². The number of nitrogens with one attached hydrogen (secondary N) is 1. The van der Waals surface area contributed by atoms with Gasteiger partial charge in [-0.3, -0.25) is 4.99 Å². The van der Waals surface area contributed by atoms with Crippen LogP contribution in [0.3, 0.4) is 0 Å². The van der Waals surface area contributed by atoms with Gasteiger partial charge in [0.2, 0.25) is 5.88 Å². The number of hydrogen-bond acceptors (Lipinski definition) is 5. The Morgan fingerprint density at radius 2 is 2.06 bits per heavy atom. The Labute approximate surface area is 178 Å². The highest BCUT2D eigenvalue weighted by molar-refractivity contribution is 6.31. The Morgan fingerprint density at radius 1 is 1.29 bits per heavy atom. The van der Waals surface area contributed by atoms with Crippen LogP contribution in [-0.4, -0.2) is 27.2 Å². The molecule has 3 aromatic rings. The molecule has 0 amide bonds. The summed E-state index contributed by atoms with van der Waals surface area (Å²) in [4.78, 5) is 30.5. The van der Waals surface area contributed by atoms with E-state index >= 15 is 0 Å². The van der Waals surface area contributed by atoms with Crippen molar-refractivity contribution in [2.24, 2.45) is 4.99 Å². The van der Waals surface area contributed by atoms with E-state index in [2.05, 4.69) is 9.98 Å². The number of hydrogen-bond donors (Lipinski definition) is 2. The molecular weight excluding hydrogens is 430 g/mol. The Bertz CT molecular complexity index is 1400. The lowest BCUT2D eigenvalue weighted by molar-refractivity contribution is -0.109. The van der Waals surface area contributed by atoms with E-state index in [1.54, 1.807) is 12.1 Å². The fraction of sp³-hybridized carbons (Fsp3) is 0.0476. The minimum atomic E-state index is -1.35. The van der Waals surface area contributed by atoms with E-state index in [0.717, 1.165) is 10.6 Å². The molecule has 10 heteroatoms. The molecule has 1 aromatic heterocycles. The third-order valence-corrected chi connectivity index (χ3v) is 5.10. The molecule has 0 radical (unpaired) electrons. The zero-order valence-electron chi connectivity index (χ0n) is 15.4. The second-order valence-corrected chi connectivity index (χ2v) is 6.99. The molecule has 0 fully saturated rings. The van der Waals surface area contributed by atoms with E-state index in [9.17, 15) is 23.5 Å². The summed E-state index contributed by atoms with van der Waals surface area (Å²) in [5, 5.41) is 19.3. The summed E-state index contributed by atoms with van der Waals surface area (Å²) in [5.41, 5.74) is -0.238. The molecule has 0 saturated heterocycles. The van der Waals surface area contributed by atoms with Crippen molar-refractivity contribution in [1.82, 2.24) is 9.55 Å². The maximum absolute atomic E-state index is 14.1. The number of aromatic amines is 1. The Kier molecular flexibility index (Phi) is 5.01. The molecule has 2 heterocycles. The molecular formula is C21H11ClF2N4O3. The fourth-order valence-corrected chi connectivity index (χ4v) is 3.44. The van der Waals surface area contributed by atoms with Gasteiger partial charge in [-0.25, -0.2) is 18.1 Å². The van der Waals surface area contributed by atoms with Crippen LogP contribution in [0, 0.1) is 23.0 Å². The first kappa shape index (κ1) is 20.3. The molecule has 1 aliphatic rings. The molecule has 0 saturated carbocycles. The van der Waals surface area contributed by atoms with Gasteiger partial charge in [-0.1, -0.05) is 23.7 Å². The number of aldehydes is 1. The van der Waals surface area contributed by atoms with Gasteiger partial charge in [0, 0.05) is 17.4 Å². The van der Waals surface area contributed by atoms with Gasteiger partial charge in [0.15, 0.2) is 5.82 Å². The average Bonchev–Trinajstić information content (AvgIpc) is 3.28. The number of rotatable bonds is 4. The lowest BCUT2D eigenvalue weighted by Gasteiger charge is -2.13. The molecule has 0 bridgehead atoms. The van der Waals surface area contributed by atoms with Crippen LogP contribution in [0.5, 0.6) is 5.88 Å². The van der Waals surface area contributed by atoms with Gasteiger partial charge in [0.25, 0.3) is 0 Å². The number of halogens is 3. The number of nitriles is 1. The highest BCUT2D eigenvalue weighted by atomic mass is 35.5. The molecule has 2 aromatic carbocycles. The molecule has 1 unspecified atom stereocenters. The number of aliphatic imine (C=N–C) groups is 1. The van der Waals surface area contributed by atoms with Gasteiger partial charge < -0.3 is 14.9 Å². The number of allylic oxidation sites excluding steroid dienone is 1. The second kappa shape index (κ2) is 7.66. The van der Waals surface area contributed by atoms with Crippen molar-refractivity contribution in [2.75, 3.05) is 0 Å². The maximum Gasteiger partial charge on any atom is 0.329 e. The number of nitrogens with zero attached hydrogens (tertiary/aromatic N) is 3. The summed E-state index contributed by atoms with van der Waals surface area (Å²) in [6, 6.07) is 6.63. The number of aromatic nitrogens is 2. The number of benzene rings is 2. The first-order valence-electron chi connectivity index (χ1n) is 8.78. The SMILES string of the molecule is N#Cc1ccc(C(C=O)n2c(O)c(/C=C3\C=Nc4c3ccc(Cl)c4F)[nH]c2=O)cc1F. The molecule has 7 nitrogen and oxygen atoms in total. The zero-order chi connectivity index (χ0) is 22.3. The van der Waals surface area contributed by atoms with Crippen LogP contribution in [0.25, 0.3) is 11.6 Å². The molecule has 0 spiro atoms. The highest BCUT2D eigenvalue weighted by Gasteiger charge is 2.24. The number of carbonyl (C=O) groups is 1. The molecule has 1 atom stereocenters. The summed E-state index contributed by atoms with van der Waals surface area (Å²) in [6.45, 7) is 0. The van der Waals surface area contributed by atoms with Crippen LogP contribution in [0.15, 0.2) is 40.1 Å². The predicted octanol–water partition coefficient (Wildman–Crippen LogP) is 3.73. The Morgan fingerprint density at radius 3 is 2.74 bits per heavy atom. The van der Waals surface area contributed by atoms with Crippen LogP contribution in [-0.2, 0) is 4.79 Å². The molecule has 4 rings (SSSR count). The van der Waals surface area contributed by atoms with Crippen molar-refractivity contribution in [3.63, 3.8) is 0 Å². The van der Waals surface area contributed by atoms with Crippen molar-refractivity contribution >= 4 is 41.4 Å².